The fourth-order valence-electron chi connectivity index (χ4n) is 1.73. The van der Waals surface area contributed by atoms with Crippen molar-refractivity contribution in [3.05, 3.63) is 52.2 Å². The molecule has 0 aliphatic carbocycles. The summed E-state index contributed by atoms with van der Waals surface area (Å²) in [4.78, 5) is 23.9. The van der Waals surface area contributed by atoms with Crippen LogP contribution >= 0.6 is 11.3 Å². The van der Waals surface area contributed by atoms with Gasteiger partial charge in [-0.3, -0.25) is 20.4 Å². The molecule has 1 aromatic heterocycles. The number of ether oxygens (including phenoxy) is 2. The van der Waals surface area contributed by atoms with E-state index in [-0.39, 0.29) is 5.91 Å². The van der Waals surface area contributed by atoms with E-state index < -0.39 is 5.91 Å². The zero-order chi connectivity index (χ0) is 16.7. The molecule has 0 atom stereocenters. The van der Waals surface area contributed by atoms with Gasteiger partial charge in [0.15, 0.2) is 0 Å². The molecule has 2 N–H and O–H groups in total. The molecule has 7 heteroatoms. The third-order valence-corrected chi connectivity index (χ3v) is 3.71. The topological polar surface area (TPSA) is 76.7 Å². The average Bonchev–Trinajstić information content (AvgIpc) is 3.12. The number of carbonyl (C=O) groups is 2. The third-order valence-electron chi connectivity index (χ3n) is 2.85. The minimum absolute atomic E-state index is 0.357. The fraction of sp³-hybridized carbons (Fsp3) is 0.125. The number of carbonyl (C=O) groups excluding carboxylic acids is 2. The lowest BCUT2D eigenvalue weighted by atomic mass is 10.2. The summed E-state index contributed by atoms with van der Waals surface area (Å²) in [6.07, 6.45) is 2.90. The minimum atomic E-state index is -0.448. The average molecular weight is 332 g/mol. The second-order valence-corrected chi connectivity index (χ2v) is 5.35. The van der Waals surface area contributed by atoms with Gasteiger partial charge in [0.05, 0.1) is 19.1 Å². The molecule has 23 heavy (non-hydrogen) atoms. The van der Waals surface area contributed by atoms with Crippen molar-refractivity contribution in [3.63, 3.8) is 0 Å². The molecule has 0 aliphatic heterocycles. The minimum Gasteiger partial charge on any atom is -0.497 e. The maximum atomic E-state index is 11.7. The van der Waals surface area contributed by atoms with E-state index in [9.17, 15) is 9.59 Å². The fourth-order valence-corrected chi connectivity index (χ4v) is 2.35. The molecule has 2 rings (SSSR count). The zero-order valence-corrected chi connectivity index (χ0v) is 13.5. The summed E-state index contributed by atoms with van der Waals surface area (Å²) >= 11 is 1.29. The molecule has 1 aromatic carbocycles. The zero-order valence-electron chi connectivity index (χ0n) is 12.7. The van der Waals surface area contributed by atoms with Gasteiger partial charge in [0.2, 0.25) is 0 Å². The highest BCUT2D eigenvalue weighted by Crippen LogP contribution is 2.23. The van der Waals surface area contributed by atoms with E-state index in [4.69, 9.17) is 9.47 Å². The lowest BCUT2D eigenvalue weighted by molar-refractivity contribution is -0.117. The van der Waals surface area contributed by atoms with Gasteiger partial charge in [0.1, 0.15) is 11.5 Å². The number of hydrazine groups is 1. The molecule has 120 valence electrons. The highest BCUT2D eigenvalue weighted by molar-refractivity contribution is 7.12. The predicted molar refractivity (Wildman–Crippen MR) is 88.5 cm³/mol. The van der Waals surface area contributed by atoms with E-state index in [0.29, 0.717) is 16.4 Å². The van der Waals surface area contributed by atoms with Crippen molar-refractivity contribution in [3.8, 4) is 11.5 Å². The molecule has 0 saturated heterocycles. The number of hydrogen-bond donors (Lipinski definition) is 2. The molecule has 2 aromatic rings. The van der Waals surface area contributed by atoms with Gasteiger partial charge in [-0.25, -0.2) is 0 Å². The van der Waals surface area contributed by atoms with E-state index in [1.807, 2.05) is 0 Å². The number of thiophene rings is 1. The van der Waals surface area contributed by atoms with Crippen LogP contribution in [-0.4, -0.2) is 26.0 Å². The number of nitrogens with one attached hydrogen (secondary N) is 2. The maximum Gasteiger partial charge on any atom is 0.279 e. The summed E-state index contributed by atoms with van der Waals surface area (Å²) < 4.78 is 10.3. The van der Waals surface area contributed by atoms with Crippen LogP contribution in [0.25, 0.3) is 6.08 Å². The molecule has 0 radical (unpaired) electrons. The smallest absolute Gasteiger partial charge is 0.279 e. The van der Waals surface area contributed by atoms with E-state index in [1.54, 1.807) is 56.0 Å². The molecule has 0 unspecified atom stereocenters. The molecule has 0 bridgehead atoms. The Morgan fingerprint density at radius 3 is 2.35 bits per heavy atom. The van der Waals surface area contributed by atoms with Crippen LogP contribution < -0.4 is 20.3 Å². The Kier molecular flexibility index (Phi) is 5.76. The van der Waals surface area contributed by atoms with Crippen molar-refractivity contribution in [2.75, 3.05) is 14.2 Å². The Hall–Kier alpha value is -2.80. The lowest BCUT2D eigenvalue weighted by Gasteiger charge is -2.06. The van der Waals surface area contributed by atoms with Gasteiger partial charge >= 0.3 is 0 Å². The van der Waals surface area contributed by atoms with Crippen molar-refractivity contribution in [1.29, 1.82) is 0 Å². The molecule has 1 heterocycles. The number of methoxy groups -OCH3 is 2. The summed E-state index contributed by atoms with van der Waals surface area (Å²) in [5.41, 5.74) is 5.39. The van der Waals surface area contributed by atoms with Crippen LogP contribution in [0.1, 0.15) is 15.2 Å². The SMILES string of the molecule is COc1cc(/C=C/C(=O)NNC(=O)c2cccs2)cc(OC)c1. The second-order valence-electron chi connectivity index (χ2n) is 4.40. The summed E-state index contributed by atoms with van der Waals surface area (Å²) in [7, 11) is 3.10. The molecule has 0 spiro atoms. The largest absolute Gasteiger partial charge is 0.497 e. The molecular formula is C16H16N2O4S. The van der Waals surface area contributed by atoms with E-state index >= 15 is 0 Å². The Labute approximate surface area is 137 Å². The monoisotopic (exact) mass is 332 g/mol. The Morgan fingerprint density at radius 1 is 1.09 bits per heavy atom. The predicted octanol–water partition coefficient (Wildman–Crippen LogP) is 2.24. The van der Waals surface area contributed by atoms with E-state index in [1.165, 1.54) is 17.4 Å². The summed E-state index contributed by atoms with van der Waals surface area (Å²) in [5.74, 6) is 0.437. The van der Waals surface area contributed by atoms with Crippen molar-refractivity contribution in [2.45, 2.75) is 0 Å². The first-order valence-electron chi connectivity index (χ1n) is 6.67. The molecule has 6 nitrogen and oxygen atoms in total. The van der Waals surface area contributed by atoms with Crippen LogP contribution in [0.15, 0.2) is 41.8 Å². The molecule has 0 aliphatic rings. The quantitative estimate of drug-likeness (QED) is 0.650. The number of rotatable bonds is 5. The Bertz CT molecular complexity index is 689. The van der Waals surface area contributed by atoms with Crippen LogP contribution in [0.4, 0.5) is 0 Å². The Balaban J connectivity index is 1.94. The first kappa shape index (κ1) is 16.6. The van der Waals surface area contributed by atoms with E-state index in [2.05, 4.69) is 10.9 Å². The van der Waals surface area contributed by atoms with Crippen LogP contribution in [0.5, 0.6) is 11.5 Å². The van der Waals surface area contributed by atoms with E-state index in [0.717, 1.165) is 5.56 Å². The van der Waals surface area contributed by atoms with Crippen LogP contribution in [0.2, 0.25) is 0 Å². The highest BCUT2D eigenvalue weighted by Gasteiger charge is 2.06. The van der Waals surface area contributed by atoms with Crippen LogP contribution in [0, 0.1) is 0 Å². The van der Waals surface area contributed by atoms with Crippen molar-refractivity contribution >= 4 is 29.2 Å². The molecule has 0 fully saturated rings. The first-order chi connectivity index (χ1) is 11.1. The maximum absolute atomic E-state index is 11.7. The lowest BCUT2D eigenvalue weighted by Crippen LogP contribution is -2.40. The highest BCUT2D eigenvalue weighted by atomic mass is 32.1. The van der Waals surface area contributed by atoms with Gasteiger partial charge in [0, 0.05) is 12.1 Å². The van der Waals surface area contributed by atoms with Crippen LogP contribution in [-0.2, 0) is 4.79 Å². The molecule has 2 amide bonds. The summed E-state index contributed by atoms with van der Waals surface area (Å²) in [6.45, 7) is 0. The number of hydrogen-bond acceptors (Lipinski definition) is 5. The molecule has 0 saturated carbocycles. The van der Waals surface area contributed by atoms with Gasteiger partial charge < -0.3 is 9.47 Å². The number of amides is 2. The normalized spacial score (nSPS) is 10.3. The van der Waals surface area contributed by atoms with Gasteiger partial charge in [0.25, 0.3) is 11.8 Å². The number of benzene rings is 1. The summed E-state index contributed by atoms with van der Waals surface area (Å²) in [6, 6.07) is 8.69. The van der Waals surface area contributed by atoms with Crippen molar-refractivity contribution in [1.82, 2.24) is 10.9 Å². The second kappa shape index (κ2) is 8.00. The standard InChI is InChI=1S/C16H16N2O4S/c1-21-12-8-11(9-13(10-12)22-2)5-6-15(19)17-18-16(20)14-4-3-7-23-14/h3-10H,1-2H3,(H,17,19)(H,18,20)/b6-5+. The summed E-state index contributed by atoms with van der Waals surface area (Å²) in [5, 5.41) is 1.78. The van der Waals surface area contributed by atoms with Crippen LogP contribution in [0.3, 0.4) is 0 Å². The van der Waals surface area contributed by atoms with Crippen molar-refractivity contribution < 1.29 is 19.1 Å². The van der Waals surface area contributed by atoms with Gasteiger partial charge in [-0.1, -0.05) is 6.07 Å². The van der Waals surface area contributed by atoms with Crippen molar-refractivity contribution in [2.24, 2.45) is 0 Å². The van der Waals surface area contributed by atoms with Gasteiger partial charge in [-0.05, 0) is 35.2 Å². The Morgan fingerprint density at radius 2 is 1.78 bits per heavy atom. The third kappa shape index (κ3) is 4.86. The van der Waals surface area contributed by atoms with Gasteiger partial charge in [-0.2, -0.15) is 0 Å². The first-order valence-corrected chi connectivity index (χ1v) is 7.55. The van der Waals surface area contributed by atoms with Gasteiger partial charge in [-0.15, -0.1) is 11.3 Å². The molecular weight excluding hydrogens is 316 g/mol.